The minimum absolute atomic E-state index is 0.148. The molecule has 0 saturated carbocycles. The van der Waals surface area contributed by atoms with E-state index in [0.717, 1.165) is 0 Å². The molecule has 0 radical (unpaired) electrons. The Balaban J connectivity index is 3.19. The van der Waals surface area contributed by atoms with Crippen molar-refractivity contribution in [2.75, 3.05) is 0 Å². The number of nitro groups is 1. The molecule has 0 unspecified atom stereocenters. The first-order valence-corrected chi connectivity index (χ1v) is 5.14. The predicted molar refractivity (Wildman–Crippen MR) is 61.8 cm³/mol. The molecule has 0 aliphatic carbocycles. The summed E-state index contributed by atoms with van der Waals surface area (Å²) in [5.74, 6) is -0.534. The number of hydrogen-bond acceptors (Lipinski definition) is 4. The molecule has 1 amide bonds. The van der Waals surface area contributed by atoms with Crippen LogP contribution < -0.4 is 5.32 Å². The molecule has 94 valence electrons. The van der Waals surface area contributed by atoms with Gasteiger partial charge in [-0.15, -0.1) is 0 Å². The second-order valence-corrected chi connectivity index (χ2v) is 4.87. The lowest BCUT2D eigenvalue weighted by molar-refractivity contribution is -0.385. The summed E-state index contributed by atoms with van der Waals surface area (Å²) in [5, 5.41) is 17.4. The van der Waals surface area contributed by atoms with Gasteiger partial charge in [-0.05, 0) is 27.7 Å². The van der Waals surface area contributed by atoms with Crippen molar-refractivity contribution in [3.8, 4) is 0 Å². The summed E-state index contributed by atoms with van der Waals surface area (Å²) in [6.07, 6.45) is 0. The zero-order valence-electron chi connectivity index (χ0n) is 10.6. The first-order chi connectivity index (χ1) is 7.63. The lowest BCUT2D eigenvalue weighted by atomic mass is 10.1. The lowest BCUT2D eigenvalue weighted by Crippen LogP contribution is -2.41. The van der Waals surface area contributed by atoms with Gasteiger partial charge in [-0.25, -0.2) is 0 Å². The molecule has 7 heteroatoms. The Morgan fingerprint density at radius 1 is 1.47 bits per heavy atom. The highest BCUT2D eigenvalue weighted by Gasteiger charge is 2.30. The average Bonchev–Trinajstić information content (AvgIpc) is 2.40. The molecule has 1 N–H and O–H groups in total. The SMILES string of the molecule is Cc1c([N+](=O)[O-])c(C(=O)NC(C)(C)C)nn1C. The molecule has 0 aliphatic heterocycles. The number of amides is 1. The molecule has 17 heavy (non-hydrogen) atoms. The van der Waals surface area contributed by atoms with Crippen LogP contribution in [-0.4, -0.2) is 26.1 Å². The van der Waals surface area contributed by atoms with Crippen molar-refractivity contribution in [1.29, 1.82) is 0 Å². The van der Waals surface area contributed by atoms with E-state index in [4.69, 9.17) is 0 Å². The van der Waals surface area contributed by atoms with Gasteiger partial charge in [0.2, 0.25) is 5.69 Å². The van der Waals surface area contributed by atoms with Crippen LogP contribution in [-0.2, 0) is 7.05 Å². The summed E-state index contributed by atoms with van der Waals surface area (Å²) in [6, 6.07) is 0. The monoisotopic (exact) mass is 240 g/mol. The second-order valence-electron chi connectivity index (χ2n) is 4.87. The van der Waals surface area contributed by atoms with Gasteiger partial charge >= 0.3 is 5.69 Å². The molecule has 0 bridgehead atoms. The third-order valence-corrected chi connectivity index (χ3v) is 2.19. The molecule has 1 heterocycles. The number of carbonyl (C=O) groups is 1. The van der Waals surface area contributed by atoms with Gasteiger partial charge in [0.05, 0.1) is 4.92 Å². The minimum Gasteiger partial charge on any atom is -0.346 e. The van der Waals surface area contributed by atoms with Crippen LogP contribution in [0.25, 0.3) is 0 Å². The molecule has 7 nitrogen and oxygen atoms in total. The van der Waals surface area contributed by atoms with E-state index in [1.807, 2.05) is 0 Å². The quantitative estimate of drug-likeness (QED) is 0.620. The van der Waals surface area contributed by atoms with Crippen LogP contribution in [0, 0.1) is 17.0 Å². The standard InChI is InChI=1S/C10H16N4O3/c1-6-8(14(16)17)7(12-13(6)5)9(15)11-10(2,3)4/h1-5H3,(H,11,15). The Hall–Kier alpha value is -1.92. The van der Waals surface area contributed by atoms with Gasteiger partial charge in [0, 0.05) is 12.6 Å². The van der Waals surface area contributed by atoms with Crippen molar-refractivity contribution in [2.24, 2.45) is 7.05 Å². The molecule has 0 fully saturated rings. The normalized spacial score (nSPS) is 11.4. The van der Waals surface area contributed by atoms with Crippen LogP contribution in [0.3, 0.4) is 0 Å². The molecule has 0 aromatic carbocycles. The van der Waals surface area contributed by atoms with E-state index in [-0.39, 0.29) is 11.4 Å². The highest BCUT2D eigenvalue weighted by molar-refractivity contribution is 5.97. The van der Waals surface area contributed by atoms with Crippen molar-refractivity contribution in [3.05, 3.63) is 21.5 Å². The number of aromatic nitrogens is 2. The number of aryl methyl sites for hydroxylation is 1. The smallest absolute Gasteiger partial charge is 0.322 e. The lowest BCUT2D eigenvalue weighted by Gasteiger charge is -2.19. The molecule has 1 aromatic heterocycles. The Morgan fingerprint density at radius 2 is 2.00 bits per heavy atom. The van der Waals surface area contributed by atoms with Gasteiger partial charge in [-0.1, -0.05) is 0 Å². The zero-order chi connectivity index (χ0) is 13.4. The van der Waals surface area contributed by atoms with Gasteiger partial charge < -0.3 is 5.32 Å². The second kappa shape index (κ2) is 4.15. The molecular formula is C10H16N4O3. The van der Waals surface area contributed by atoms with Crippen molar-refractivity contribution in [1.82, 2.24) is 15.1 Å². The molecule has 0 atom stereocenters. The minimum atomic E-state index is -0.583. The molecular weight excluding hydrogens is 224 g/mol. The van der Waals surface area contributed by atoms with Crippen LogP contribution in [0.4, 0.5) is 5.69 Å². The van der Waals surface area contributed by atoms with E-state index in [1.165, 1.54) is 4.68 Å². The van der Waals surface area contributed by atoms with Crippen LogP contribution in [0.15, 0.2) is 0 Å². The fourth-order valence-corrected chi connectivity index (χ4v) is 1.37. The maximum atomic E-state index is 11.9. The third-order valence-electron chi connectivity index (χ3n) is 2.19. The summed E-state index contributed by atoms with van der Waals surface area (Å²) in [5.41, 5.74) is -0.496. The van der Waals surface area contributed by atoms with Crippen LogP contribution in [0.2, 0.25) is 0 Å². The summed E-state index contributed by atoms with van der Waals surface area (Å²) in [4.78, 5) is 22.2. The zero-order valence-corrected chi connectivity index (χ0v) is 10.6. The number of carbonyl (C=O) groups excluding carboxylic acids is 1. The van der Waals surface area contributed by atoms with E-state index in [1.54, 1.807) is 34.7 Å². The highest BCUT2D eigenvalue weighted by Crippen LogP contribution is 2.22. The molecule has 0 spiro atoms. The average molecular weight is 240 g/mol. The van der Waals surface area contributed by atoms with Gasteiger partial charge in [-0.2, -0.15) is 5.10 Å². The summed E-state index contributed by atoms with van der Waals surface area (Å²) in [6.45, 7) is 6.95. The van der Waals surface area contributed by atoms with Crippen molar-refractivity contribution < 1.29 is 9.72 Å². The fraction of sp³-hybridized carbons (Fsp3) is 0.600. The first kappa shape index (κ1) is 13.1. The van der Waals surface area contributed by atoms with E-state index >= 15 is 0 Å². The van der Waals surface area contributed by atoms with E-state index in [0.29, 0.717) is 5.69 Å². The Morgan fingerprint density at radius 3 is 2.41 bits per heavy atom. The fourth-order valence-electron chi connectivity index (χ4n) is 1.37. The number of nitrogens with one attached hydrogen (secondary N) is 1. The van der Waals surface area contributed by atoms with Crippen LogP contribution >= 0.6 is 0 Å². The van der Waals surface area contributed by atoms with E-state index < -0.39 is 16.4 Å². The van der Waals surface area contributed by atoms with Gasteiger partial charge in [0.25, 0.3) is 5.91 Å². The molecule has 0 aliphatic rings. The Kier molecular flexibility index (Phi) is 3.21. The molecule has 1 rings (SSSR count). The largest absolute Gasteiger partial charge is 0.346 e. The summed E-state index contributed by atoms with van der Waals surface area (Å²) >= 11 is 0. The topological polar surface area (TPSA) is 90.1 Å². The molecule has 0 saturated heterocycles. The Labute approximate surface area is 99.0 Å². The number of nitrogens with zero attached hydrogens (tertiary/aromatic N) is 3. The maximum absolute atomic E-state index is 11.9. The Bertz CT molecular complexity index is 471. The predicted octanol–water partition coefficient (Wildman–Crippen LogP) is 1.17. The van der Waals surface area contributed by atoms with Crippen molar-refractivity contribution in [2.45, 2.75) is 33.2 Å². The summed E-state index contributed by atoms with van der Waals surface area (Å²) < 4.78 is 1.33. The van der Waals surface area contributed by atoms with Crippen molar-refractivity contribution in [3.63, 3.8) is 0 Å². The van der Waals surface area contributed by atoms with E-state index in [9.17, 15) is 14.9 Å². The third kappa shape index (κ3) is 2.80. The summed E-state index contributed by atoms with van der Waals surface area (Å²) in [7, 11) is 1.57. The van der Waals surface area contributed by atoms with Gasteiger partial charge in [0.1, 0.15) is 5.69 Å². The van der Waals surface area contributed by atoms with Crippen LogP contribution in [0.1, 0.15) is 37.0 Å². The van der Waals surface area contributed by atoms with E-state index in [2.05, 4.69) is 10.4 Å². The van der Waals surface area contributed by atoms with Crippen LogP contribution in [0.5, 0.6) is 0 Å². The number of rotatable bonds is 2. The van der Waals surface area contributed by atoms with Gasteiger partial charge in [0.15, 0.2) is 0 Å². The molecule has 1 aromatic rings. The van der Waals surface area contributed by atoms with Gasteiger partial charge in [-0.3, -0.25) is 19.6 Å². The van der Waals surface area contributed by atoms with Crippen molar-refractivity contribution >= 4 is 11.6 Å². The first-order valence-electron chi connectivity index (χ1n) is 5.14. The number of hydrogen-bond donors (Lipinski definition) is 1. The maximum Gasteiger partial charge on any atom is 0.322 e. The highest BCUT2D eigenvalue weighted by atomic mass is 16.6.